The van der Waals surface area contributed by atoms with E-state index in [0.29, 0.717) is 12.8 Å². The van der Waals surface area contributed by atoms with Crippen LogP contribution in [-0.4, -0.2) is 88.4 Å². The fourth-order valence-electron chi connectivity index (χ4n) is 6.83. The molecule has 6 unspecified atom stereocenters. The van der Waals surface area contributed by atoms with Crippen LogP contribution in [-0.2, 0) is 33.3 Å². The number of rotatable bonds is 38. The number of unbranched alkanes of at least 4 members (excludes halogenated alkanes) is 21. The van der Waals surface area contributed by atoms with E-state index in [1.165, 1.54) is 83.5 Å². The second-order valence-electron chi connectivity index (χ2n) is 15.9. The first-order valence-corrected chi connectivity index (χ1v) is 23.0. The number of aliphatic hydroxyl groups excluding tert-OH is 3. The molecule has 58 heavy (non-hydrogen) atoms. The molecule has 1 aliphatic rings. The smallest absolute Gasteiger partial charge is 0.335 e. The maximum atomic E-state index is 12.8. The summed E-state index contributed by atoms with van der Waals surface area (Å²) in [6.07, 6.45) is 33.3. The van der Waals surface area contributed by atoms with Gasteiger partial charge in [0.25, 0.3) is 0 Å². The summed E-state index contributed by atoms with van der Waals surface area (Å²) in [6.45, 7) is 3.78. The van der Waals surface area contributed by atoms with E-state index >= 15 is 0 Å². The van der Waals surface area contributed by atoms with Gasteiger partial charge in [0.15, 0.2) is 18.5 Å². The number of aliphatic carboxylic acids is 1. The Morgan fingerprint density at radius 3 is 1.48 bits per heavy atom. The number of carboxylic acid groups (broad SMARTS) is 1. The maximum absolute atomic E-state index is 12.8. The molecule has 0 aromatic carbocycles. The van der Waals surface area contributed by atoms with Gasteiger partial charge in [-0.2, -0.15) is 0 Å². The van der Waals surface area contributed by atoms with Gasteiger partial charge in [-0.25, -0.2) is 4.79 Å². The first-order valence-electron chi connectivity index (χ1n) is 23.0. The Labute approximate surface area is 351 Å². The van der Waals surface area contributed by atoms with Crippen molar-refractivity contribution < 1.29 is 53.8 Å². The van der Waals surface area contributed by atoms with Crippen LogP contribution in [0.1, 0.15) is 194 Å². The Balaban J connectivity index is 2.35. The van der Waals surface area contributed by atoms with Crippen LogP contribution in [0.5, 0.6) is 0 Å². The highest BCUT2D eigenvalue weighted by atomic mass is 16.7. The summed E-state index contributed by atoms with van der Waals surface area (Å²) in [5.41, 5.74) is 0. The monoisotopic (exact) mass is 823 g/mol. The minimum Gasteiger partial charge on any atom is -0.479 e. The first-order chi connectivity index (χ1) is 28.2. The molecule has 1 fully saturated rings. The molecule has 0 radical (unpaired) electrons. The molecular formula is C47H82O11. The molecule has 1 heterocycles. The van der Waals surface area contributed by atoms with Crippen LogP contribution >= 0.6 is 0 Å². The topological polar surface area (TPSA) is 169 Å². The van der Waals surface area contributed by atoms with Gasteiger partial charge in [0, 0.05) is 12.8 Å². The van der Waals surface area contributed by atoms with E-state index in [1.54, 1.807) is 0 Å². The van der Waals surface area contributed by atoms with E-state index in [9.17, 15) is 34.8 Å². The molecule has 0 spiro atoms. The lowest BCUT2D eigenvalue weighted by Gasteiger charge is -2.38. The molecule has 6 atom stereocenters. The van der Waals surface area contributed by atoms with E-state index in [-0.39, 0.29) is 19.4 Å². The molecule has 11 heteroatoms. The Hall–Kier alpha value is -2.57. The number of hydrogen-bond acceptors (Lipinski definition) is 10. The molecule has 0 bridgehead atoms. The van der Waals surface area contributed by atoms with Crippen molar-refractivity contribution in [3.05, 3.63) is 36.5 Å². The Morgan fingerprint density at radius 1 is 0.534 bits per heavy atom. The predicted molar refractivity (Wildman–Crippen MR) is 229 cm³/mol. The minimum atomic E-state index is -1.86. The predicted octanol–water partition coefficient (Wildman–Crippen LogP) is 9.98. The molecule has 1 rings (SSSR count). The van der Waals surface area contributed by atoms with Crippen LogP contribution in [0, 0.1) is 0 Å². The number of carbonyl (C=O) groups excluding carboxylic acids is 2. The third kappa shape index (κ3) is 28.8. The van der Waals surface area contributed by atoms with E-state index < -0.39 is 61.3 Å². The van der Waals surface area contributed by atoms with Gasteiger partial charge in [0.2, 0.25) is 0 Å². The SMILES string of the molecule is CCCCC/C=C\C/C=C\C/C=C\CCCCCCCCC(=O)OCC(COC1OC(C(=O)O)C(O)C(O)C1O)OC(=O)CCCCCCCCCCCCCCC. The molecule has 1 saturated heterocycles. The quantitative estimate of drug-likeness (QED) is 0.0266. The Morgan fingerprint density at radius 2 is 0.966 bits per heavy atom. The number of carbonyl (C=O) groups is 3. The molecule has 336 valence electrons. The maximum Gasteiger partial charge on any atom is 0.335 e. The summed E-state index contributed by atoms with van der Waals surface area (Å²) in [7, 11) is 0. The fourth-order valence-corrected chi connectivity index (χ4v) is 6.83. The van der Waals surface area contributed by atoms with Crippen molar-refractivity contribution in [2.24, 2.45) is 0 Å². The molecule has 0 aromatic heterocycles. The first kappa shape index (κ1) is 53.4. The van der Waals surface area contributed by atoms with Crippen LogP contribution in [0.25, 0.3) is 0 Å². The third-order valence-electron chi connectivity index (χ3n) is 10.5. The van der Waals surface area contributed by atoms with Crippen molar-refractivity contribution in [1.29, 1.82) is 0 Å². The summed E-state index contributed by atoms with van der Waals surface area (Å²) >= 11 is 0. The van der Waals surface area contributed by atoms with Gasteiger partial charge >= 0.3 is 17.9 Å². The number of allylic oxidation sites excluding steroid dienone is 6. The van der Waals surface area contributed by atoms with Crippen LogP contribution in [0.4, 0.5) is 0 Å². The molecule has 0 aromatic rings. The number of ether oxygens (including phenoxy) is 4. The van der Waals surface area contributed by atoms with Gasteiger partial charge in [-0.15, -0.1) is 0 Å². The van der Waals surface area contributed by atoms with Gasteiger partial charge in [-0.05, 0) is 51.4 Å². The van der Waals surface area contributed by atoms with Crippen molar-refractivity contribution in [1.82, 2.24) is 0 Å². The third-order valence-corrected chi connectivity index (χ3v) is 10.5. The highest BCUT2D eigenvalue weighted by Crippen LogP contribution is 2.23. The standard InChI is InChI=1S/C47H82O11/c1-3-5-7-9-11-13-15-17-18-19-20-21-22-24-25-27-29-31-33-35-40(48)55-37-39(38-56-47-44(52)42(50)43(51)45(58-47)46(53)54)57-41(49)36-34-32-30-28-26-23-16-14-12-10-8-6-4-2/h11,13,17-18,20-21,39,42-45,47,50-52H,3-10,12,14-16,19,22-38H2,1-2H3,(H,53,54)/b13-11-,18-17-,21-20-. The highest BCUT2D eigenvalue weighted by Gasteiger charge is 2.47. The lowest BCUT2D eigenvalue weighted by atomic mass is 9.99. The average molecular weight is 823 g/mol. The van der Waals surface area contributed by atoms with E-state index in [4.69, 9.17) is 18.9 Å². The summed E-state index contributed by atoms with van der Waals surface area (Å²) in [4.78, 5) is 36.8. The number of aliphatic hydroxyl groups is 3. The van der Waals surface area contributed by atoms with Crippen molar-refractivity contribution in [3.63, 3.8) is 0 Å². The summed E-state index contributed by atoms with van der Waals surface area (Å²) in [5, 5.41) is 39.8. The van der Waals surface area contributed by atoms with Crippen LogP contribution in [0.2, 0.25) is 0 Å². The Bertz CT molecular complexity index is 1110. The van der Waals surface area contributed by atoms with Crippen molar-refractivity contribution >= 4 is 17.9 Å². The lowest BCUT2D eigenvalue weighted by molar-refractivity contribution is -0.298. The second kappa shape index (κ2) is 37.4. The fraction of sp³-hybridized carbons (Fsp3) is 0.809. The average Bonchev–Trinajstić information content (AvgIpc) is 3.21. The zero-order valence-electron chi connectivity index (χ0n) is 36.3. The number of hydrogen-bond donors (Lipinski definition) is 4. The zero-order chi connectivity index (χ0) is 42.5. The zero-order valence-corrected chi connectivity index (χ0v) is 36.3. The van der Waals surface area contributed by atoms with Crippen molar-refractivity contribution in [2.45, 2.75) is 230 Å². The minimum absolute atomic E-state index is 0.182. The van der Waals surface area contributed by atoms with Crippen molar-refractivity contribution in [2.75, 3.05) is 13.2 Å². The van der Waals surface area contributed by atoms with E-state index in [1.807, 2.05) is 0 Å². The largest absolute Gasteiger partial charge is 0.479 e. The normalized spacial score (nSPS) is 20.3. The summed E-state index contributed by atoms with van der Waals surface area (Å²) in [6, 6.07) is 0. The van der Waals surface area contributed by atoms with Crippen molar-refractivity contribution in [3.8, 4) is 0 Å². The van der Waals surface area contributed by atoms with E-state index in [0.717, 1.165) is 70.6 Å². The molecule has 0 aliphatic carbocycles. The van der Waals surface area contributed by atoms with Gasteiger partial charge in [-0.1, -0.05) is 166 Å². The van der Waals surface area contributed by atoms with Gasteiger partial charge in [0.05, 0.1) is 6.61 Å². The van der Waals surface area contributed by atoms with Crippen LogP contribution in [0.15, 0.2) is 36.5 Å². The molecule has 4 N–H and O–H groups in total. The summed E-state index contributed by atoms with van der Waals surface area (Å²) < 4.78 is 21.7. The van der Waals surface area contributed by atoms with Gasteiger partial charge in [0.1, 0.15) is 24.9 Å². The second-order valence-corrected chi connectivity index (χ2v) is 15.9. The molecule has 0 saturated carbocycles. The van der Waals surface area contributed by atoms with E-state index in [2.05, 4.69) is 50.3 Å². The number of carboxylic acids is 1. The van der Waals surface area contributed by atoms with Gasteiger partial charge < -0.3 is 39.4 Å². The number of esters is 2. The van der Waals surface area contributed by atoms with Crippen LogP contribution in [0.3, 0.4) is 0 Å². The molecule has 1 aliphatic heterocycles. The lowest BCUT2D eigenvalue weighted by Crippen LogP contribution is -2.60. The summed E-state index contributed by atoms with van der Waals surface area (Å²) in [5.74, 6) is -2.46. The Kier molecular flexibility index (Phi) is 34.5. The van der Waals surface area contributed by atoms with Gasteiger partial charge in [-0.3, -0.25) is 9.59 Å². The molecule has 0 amide bonds. The molecular weight excluding hydrogens is 741 g/mol. The molecule has 11 nitrogen and oxygen atoms in total. The highest BCUT2D eigenvalue weighted by molar-refractivity contribution is 5.73. The van der Waals surface area contributed by atoms with Crippen LogP contribution < -0.4 is 0 Å².